The standard InChI is InChI=1S/C15H13BN2O2/c1-16-14(10-12-5-2-3-8-15(12)17-16)11-6-4-7-13(9-11)18(19)20/h2-10,17H,1H3. The lowest BCUT2D eigenvalue weighted by molar-refractivity contribution is -0.384. The minimum absolute atomic E-state index is 0.118. The molecule has 98 valence electrons. The third-order valence-electron chi connectivity index (χ3n) is 3.50. The molecule has 0 spiro atoms. The summed E-state index contributed by atoms with van der Waals surface area (Å²) in [6.07, 6.45) is 2.09. The molecule has 1 aliphatic rings. The average molecular weight is 264 g/mol. The number of non-ortho nitro benzene ring substituents is 1. The van der Waals surface area contributed by atoms with E-state index in [1.54, 1.807) is 12.1 Å². The highest BCUT2D eigenvalue weighted by molar-refractivity contribution is 6.82. The number of hydrogen-bond donors (Lipinski definition) is 1. The lowest BCUT2D eigenvalue weighted by atomic mass is 9.53. The maximum atomic E-state index is 10.9. The number of para-hydroxylation sites is 1. The molecule has 2 aromatic carbocycles. The van der Waals surface area contributed by atoms with Gasteiger partial charge in [-0.2, -0.15) is 0 Å². The van der Waals surface area contributed by atoms with Crippen LogP contribution in [0.5, 0.6) is 0 Å². The van der Waals surface area contributed by atoms with Gasteiger partial charge in [-0.05, 0) is 22.7 Å². The van der Waals surface area contributed by atoms with E-state index in [0.29, 0.717) is 0 Å². The second-order valence-corrected chi connectivity index (χ2v) is 4.86. The molecule has 0 aromatic heterocycles. The third kappa shape index (κ3) is 2.18. The Bertz CT molecular complexity index is 713. The molecule has 20 heavy (non-hydrogen) atoms. The van der Waals surface area contributed by atoms with Crippen molar-refractivity contribution >= 4 is 29.8 Å². The predicted molar refractivity (Wildman–Crippen MR) is 82.7 cm³/mol. The van der Waals surface area contributed by atoms with Crippen LogP contribution in [0.1, 0.15) is 11.1 Å². The number of nitrogens with zero attached hydrogens (tertiary/aromatic N) is 1. The van der Waals surface area contributed by atoms with E-state index >= 15 is 0 Å². The van der Waals surface area contributed by atoms with Crippen LogP contribution in [0.3, 0.4) is 0 Å². The van der Waals surface area contributed by atoms with E-state index in [9.17, 15) is 10.1 Å². The fourth-order valence-electron chi connectivity index (χ4n) is 2.49. The maximum Gasteiger partial charge on any atom is 0.283 e. The van der Waals surface area contributed by atoms with E-state index in [1.807, 2.05) is 30.3 Å². The Balaban J connectivity index is 2.08. The zero-order valence-electron chi connectivity index (χ0n) is 11.0. The Morgan fingerprint density at radius 3 is 2.75 bits per heavy atom. The summed E-state index contributed by atoms with van der Waals surface area (Å²) in [6.45, 7) is 2.17. The second kappa shape index (κ2) is 4.85. The number of rotatable bonds is 2. The third-order valence-corrected chi connectivity index (χ3v) is 3.50. The molecule has 1 N–H and O–H groups in total. The van der Waals surface area contributed by atoms with Gasteiger partial charge in [-0.15, -0.1) is 0 Å². The summed E-state index contributed by atoms with van der Waals surface area (Å²) in [5.41, 5.74) is 4.26. The van der Waals surface area contributed by atoms with Gasteiger partial charge in [0.05, 0.1) is 4.92 Å². The first-order chi connectivity index (χ1) is 9.65. The van der Waals surface area contributed by atoms with Gasteiger partial charge in [-0.1, -0.05) is 43.2 Å². The largest absolute Gasteiger partial charge is 0.424 e. The number of nitro groups is 1. The lowest BCUT2D eigenvalue weighted by Gasteiger charge is -2.23. The molecule has 0 aliphatic carbocycles. The molecule has 0 fully saturated rings. The van der Waals surface area contributed by atoms with Crippen LogP contribution >= 0.6 is 0 Å². The van der Waals surface area contributed by atoms with E-state index < -0.39 is 0 Å². The van der Waals surface area contributed by atoms with Gasteiger partial charge < -0.3 is 5.23 Å². The second-order valence-electron chi connectivity index (χ2n) is 4.86. The Morgan fingerprint density at radius 1 is 1.15 bits per heavy atom. The summed E-state index contributed by atoms with van der Waals surface area (Å²) in [6, 6.07) is 14.8. The number of benzene rings is 2. The maximum absolute atomic E-state index is 10.9. The Labute approximate surface area is 117 Å². The van der Waals surface area contributed by atoms with Gasteiger partial charge >= 0.3 is 0 Å². The van der Waals surface area contributed by atoms with Crippen molar-refractivity contribution in [2.24, 2.45) is 0 Å². The molecule has 2 aromatic rings. The quantitative estimate of drug-likeness (QED) is 0.511. The van der Waals surface area contributed by atoms with Crippen molar-refractivity contribution in [2.45, 2.75) is 6.82 Å². The summed E-state index contributed by atoms with van der Waals surface area (Å²) in [4.78, 5) is 10.5. The van der Waals surface area contributed by atoms with Gasteiger partial charge in [0.25, 0.3) is 12.5 Å². The van der Waals surface area contributed by atoms with E-state index in [-0.39, 0.29) is 17.5 Å². The highest BCUT2D eigenvalue weighted by atomic mass is 16.6. The molecule has 0 atom stereocenters. The van der Waals surface area contributed by atoms with Gasteiger partial charge in [-0.25, -0.2) is 0 Å². The monoisotopic (exact) mass is 264 g/mol. The van der Waals surface area contributed by atoms with Crippen LogP contribution in [0.4, 0.5) is 11.4 Å². The fraction of sp³-hybridized carbons (Fsp3) is 0.0667. The lowest BCUT2D eigenvalue weighted by Crippen LogP contribution is -2.26. The summed E-state index contributed by atoms with van der Waals surface area (Å²) >= 11 is 0. The summed E-state index contributed by atoms with van der Waals surface area (Å²) in [5.74, 6) is 0. The van der Waals surface area contributed by atoms with Crippen LogP contribution < -0.4 is 5.23 Å². The Kier molecular flexibility index (Phi) is 3.02. The molecule has 1 aliphatic heterocycles. The van der Waals surface area contributed by atoms with Gasteiger partial charge in [0.1, 0.15) is 0 Å². The predicted octanol–water partition coefficient (Wildman–Crippen LogP) is 3.72. The smallest absolute Gasteiger partial charge is 0.283 e. The first-order valence-electron chi connectivity index (χ1n) is 6.47. The topological polar surface area (TPSA) is 55.2 Å². The number of nitrogens with one attached hydrogen (secondary N) is 1. The van der Waals surface area contributed by atoms with Crippen LogP contribution in [-0.4, -0.2) is 11.8 Å². The Morgan fingerprint density at radius 2 is 1.95 bits per heavy atom. The van der Waals surface area contributed by atoms with Crippen molar-refractivity contribution < 1.29 is 4.92 Å². The molecule has 1 heterocycles. The van der Waals surface area contributed by atoms with Gasteiger partial charge in [0, 0.05) is 17.8 Å². The number of anilines is 1. The van der Waals surface area contributed by atoms with Crippen molar-refractivity contribution in [3.8, 4) is 0 Å². The molecule has 0 amide bonds. The molecule has 4 nitrogen and oxygen atoms in total. The molecule has 0 unspecified atom stereocenters. The minimum Gasteiger partial charge on any atom is -0.424 e. The highest BCUT2D eigenvalue weighted by Crippen LogP contribution is 2.31. The minimum atomic E-state index is -0.362. The number of hydrogen-bond acceptors (Lipinski definition) is 3. The van der Waals surface area contributed by atoms with Crippen LogP contribution in [0.2, 0.25) is 6.82 Å². The normalized spacial score (nSPS) is 13.2. The molecule has 0 radical (unpaired) electrons. The first-order valence-corrected chi connectivity index (χ1v) is 6.47. The summed E-state index contributed by atoms with van der Waals surface area (Å²) in [7, 11) is 0. The van der Waals surface area contributed by atoms with Gasteiger partial charge in [-0.3, -0.25) is 10.1 Å². The first kappa shape index (κ1) is 12.5. The number of nitro benzene ring substituents is 1. The molecule has 0 saturated heterocycles. The van der Waals surface area contributed by atoms with E-state index in [1.165, 1.54) is 6.07 Å². The fourth-order valence-corrected chi connectivity index (χ4v) is 2.49. The van der Waals surface area contributed by atoms with Crippen molar-refractivity contribution in [3.63, 3.8) is 0 Å². The van der Waals surface area contributed by atoms with E-state index in [0.717, 1.165) is 22.3 Å². The molecular weight excluding hydrogens is 251 g/mol. The molecular formula is C15H13BN2O2. The van der Waals surface area contributed by atoms with Gasteiger partial charge in [0.15, 0.2) is 0 Å². The van der Waals surface area contributed by atoms with Crippen LogP contribution in [0, 0.1) is 10.1 Å². The number of fused-ring (bicyclic) bond motifs is 1. The molecule has 0 saturated carbocycles. The highest BCUT2D eigenvalue weighted by Gasteiger charge is 2.22. The van der Waals surface area contributed by atoms with Crippen molar-refractivity contribution in [3.05, 3.63) is 69.8 Å². The van der Waals surface area contributed by atoms with Crippen LogP contribution in [0.15, 0.2) is 48.5 Å². The van der Waals surface area contributed by atoms with Crippen molar-refractivity contribution in [1.82, 2.24) is 0 Å². The Hall–Kier alpha value is -2.56. The molecule has 0 bridgehead atoms. The van der Waals surface area contributed by atoms with E-state index in [4.69, 9.17) is 0 Å². The average Bonchev–Trinajstić information content (AvgIpc) is 2.46. The van der Waals surface area contributed by atoms with Gasteiger partial charge in [0.2, 0.25) is 0 Å². The van der Waals surface area contributed by atoms with Crippen LogP contribution in [-0.2, 0) is 0 Å². The summed E-state index contributed by atoms with van der Waals surface area (Å²) < 4.78 is 0. The van der Waals surface area contributed by atoms with Crippen molar-refractivity contribution in [2.75, 3.05) is 5.23 Å². The SMILES string of the molecule is CB1Nc2ccccc2C=C1c1cccc([N+](=O)[O-])c1. The van der Waals surface area contributed by atoms with Crippen LogP contribution in [0.25, 0.3) is 11.5 Å². The zero-order chi connectivity index (χ0) is 14.1. The summed E-state index contributed by atoms with van der Waals surface area (Å²) in [5, 5.41) is 14.3. The van der Waals surface area contributed by atoms with Crippen molar-refractivity contribution in [1.29, 1.82) is 0 Å². The zero-order valence-corrected chi connectivity index (χ0v) is 11.0. The molecule has 5 heteroatoms. The molecule has 3 rings (SSSR count). The van der Waals surface area contributed by atoms with E-state index in [2.05, 4.69) is 18.1 Å².